The van der Waals surface area contributed by atoms with Gasteiger partial charge in [-0.3, -0.25) is 0 Å². The number of nitrogens with one attached hydrogen (secondary N) is 1. The summed E-state index contributed by atoms with van der Waals surface area (Å²) in [5.74, 6) is -1.25. The fourth-order valence-electron chi connectivity index (χ4n) is 1.67. The largest absolute Gasteiger partial charge is 0.462 e. The van der Waals surface area contributed by atoms with E-state index in [-0.39, 0.29) is 19.3 Å². The molecule has 0 bridgehead atoms. The zero-order valence-corrected chi connectivity index (χ0v) is 14.4. The molecule has 0 spiro atoms. The van der Waals surface area contributed by atoms with E-state index in [0.717, 1.165) is 17.7 Å². The average molecular weight is 349 g/mol. The molecule has 1 aromatic carbocycles. The molecule has 0 unspecified atom stereocenters. The van der Waals surface area contributed by atoms with Crippen molar-refractivity contribution >= 4 is 18.0 Å². The van der Waals surface area contributed by atoms with E-state index < -0.39 is 18.0 Å². The van der Waals surface area contributed by atoms with Crippen LogP contribution in [0.25, 0.3) is 0 Å². The Balaban J connectivity index is 2.07. The molecule has 25 heavy (non-hydrogen) atoms. The molecule has 1 aromatic rings. The van der Waals surface area contributed by atoms with Crippen molar-refractivity contribution in [2.24, 2.45) is 0 Å². The lowest BCUT2D eigenvalue weighted by atomic mass is 10.2. The van der Waals surface area contributed by atoms with Crippen LogP contribution in [-0.4, -0.2) is 37.3 Å². The summed E-state index contributed by atoms with van der Waals surface area (Å²) < 4.78 is 14.7. The van der Waals surface area contributed by atoms with E-state index in [1.807, 2.05) is 30.3 Å². The second-order valence-corrected chi connectivity index (χ2v) is 5.33. The van der Waals surface area contributed by atoms with E-state index in [2.05, 4.69) is 5.32 Å². The molecule has 0 radical (unpaired) electrons. The fraction of sp³-hybridized carbons (Fsp3) is 0.389. The van der Waals surface area contributed by atoms with Crippen molar-refractivity contribution < 1.29 is 28.6 Å². The molecule has 0 aliphatic heterocycles. The van der Waals surface area contributed by atoms with Gasteiger partial charge in [0, 0.05) is 18.7 Å². The van der Waals surface area contributed by atoms with Crippen LogP contribution in [0.5, 0.6) is 0 Å². The minimum Gasteiger partial charge on any atom is -0.462 e. The van der Waals surface area contributed by atoms with E-state index in [1.165, 1.54) is 0 Å². The SMILES string of the molecule is CC(C)OC(=O)/C=C/C(=O)OCCCNC(=O)OCc1ccccc1. The summed E-state index contributed by atoms with van der Waals surface area (Å²) >= 11 is 0. The van der Waals surface area contributed by atoms with Crippen LogP contribution in [0.2, 0.25) is 0 Å². The summed E-state index contributed by atoms with van der Waals surface area (Å²) in [6, 6.07) is 9.32. The quantitative estimate of drug-likeness (QED) is 0.318. The van der Waals surface area contributed by atoms with E-state index >= 15 is 0 Å². The molecular formula is C18H23NO6. The summed E-state index contributed by atoms with van der Waals surface area (Å²) in [5, 5.41) is 2.55. The Bertz CT molecular complexity index is 582. The third-order valence-electron chi connectivity index (χ3n) is 2.75. The molecule has 0 heterocycles. The number of ether oxygens (including phenoxy) is 3. The first-order valence-electron chi connectivity index (χ1n) is 7.97. The number of carbonyl (C=O) groups excluding carboxylic acids is 3. The number of carbonyl (C=O) groups is 3. The van der Waals surface area contributed by atoms with Gasteiger partial charge in [-0.1, -0.05) is 30.3 Å². The Kier molecular flexibility index (Phi) is 9.43. The maximum Gasteiger partial charge on any atom is 0.407 e. The van der Waals surface area contributed by atoms with Crippen molar-refractivity contribution in [1.29, 1.82) is 0 Å². The first-order chi connectivity index (χ1) is 12.0. The van der Waals surface area contributed by atoms with Crippen LogP contribution >= 0.6 is 0 Å². The molecule has 0 fully saturated rings. The van der Waals surface area contributed by atoms with Gasteiger partial charge in [0.15, 0.2) is 0 Å². The van der Waals surface area contributed by atoms with Crippen LogP contribution in [0, 0.1) is 0 Å². The zero-order chi connectivity index (χ0) is 18.5. The number of benzene rings is 1. The number of amides is 1. The van der Waals surface area contributed by atoms with Crippen molar-refractivity contribution in [3.05, 3.63) is 48.0 Å². The van der Waals surface area contributed by atoms with Crippen LogP contribution in [0.15, 0.2) is 42.5 Å². The predicted molar refractivity (Wildman–Crippen MR) is 90.6 cm³/mol. The summed E-state index contributed by atoms with van der Waals surface area (Å²) in [4.78, 5) is 34.0. The summed E-state index contributed by atoms with van der Waals surface area (Å²) in [6.07, 6.45) is 1.66. The minimum absolute atomic E-state index is 0.112. The molecule has 0 aliphatic carbocycles. The second-order valence-electron chi connectivity index (χ2n) is 5.33. The highest BCUT2D eigenvalue weighted by Crippen LogP contribution is 2.00. The summed E-state index contributed by atoms with van der Waals surface area (Å²) in [6.45, 7) is 4.03. The Labute approximate surface area is 146 Å². The smallest absolute Gasteiger partial charge is 0.407 e. The van der Waals surface area contributed by atoms with Crippen molar-refractivity contribution in [3.8, 4) is 0 Å². The fourth-order valence-corrected chi connectivity index (χ4v) is 1.67. The first-order valence-corrected chi connectivity index (χ1v) is 7.97. The van der Waals surface area contributed by atoms with Crippen molar-refractivity contribution in [2.75, 3.05) is 13.2 Å². The van der Waals surface area contributed by atoms with Crippen LogP contribution in [0.1, 0.15) is 25.8 Å². The monoisotopic (exact) mass is 349 g/mol. The number of rotatable bonds is 9. The van der Waals surface area contributed by atoms with Crippen LogP contribution in [-0.2, 0) is 30.4 Å². The number of hydrogen-bond acceptors (Lipinski definition) is 6. The van der Waals surface area contributed by atoms with Gasteiger partial charge >= 0.3 is 18.0 Å². The van der Waals surface area contributed by atoms with Gasteiger partial charge in [-0.25, -0.2) is 14.4 Å². The molecular weight excluding hydrogens is 326 g/mol. The highest BCUT2D eigenvalue weighted by Gasteiger charge is 2.04. The third kappa shape index (κ3) is 10.5. The molecule has 136 valence electrons. The van der Waals surface area contributed by atoms with Crippen molar-refractivity contribution in [1.82, 2.24) is 5.32 Å². The molecule has 1 rings (SSSR count). The normalized spacial score (nSPS) is 10.5. The summed E-state index contributed by atoms with van der Waals surface area (Å²) in [5.41, 5.74) is 0.898. The van der Waals surface area contributed by atoms with Gasteiger partial charge in [-0.2, -0.15) is 0 Å². The highest BCUT2D eigenvalue weighted by molar-refractivity contribution is 5.91. The van der Waals surface area contributed by atoms with Gasteiger partial charge in [0.2, 0.25) is 0 Å². The Hall–Kier alpha value is -2.83. The maximum absolute atomic E-state index is 11.5. The highest BCUT2D eigenvalue weighted by atomic mass is 16.6. The van der Waals surface area contributed by atoms with Gasteiger partial charge < -0.3 is 19.5 Å². The molecule has 0 saturated heterocycles. The van der Waals surface area contributed by atoms with Crippen LogP contribution < -0.4 is 5.32 Å². The second kappa shape index (κ2) is 11.7. The van der Waals surface area contributed by atoms with Crippen LogP contribution in [0.4, 0.5) is 4.79 Å². The number of hydrogen-bond donors (Lipinski definition) is 1. The standard InChI is InChI=1S/C18H23NO6/c1-14(2)25-17(21)10-9-16(20)23-12-6-11-19-18(22)24-13-15-7-4-3-5-8-15/h3-5,7-10,14H,6,11-13H2,1-2H3,(H,19,22)/b10-9+. The van der Waals surface area contributed by atoms with E-state index in [9.17, 15) is 14.4 Å². The van der Waals surface area contributed by atoms with Crippen LogP contribution in [0.3, 0.4) is 0 Å². The Morgan fingerprint density at radius 1 is 1.04 bits per heavy atom. The van der Waals surface area contributed by atoms with Gasteiger partial charge in [-0.15, -0.1) is 0 Å². The lowest BCUT2D eigenvalue weighted by molar-refractivity contribution is -0.142. The Morgan fingerprint density at radius 2 is 1.72 bits per heavy atom. The zero-order valence-electron chi connectivity index (χ0n) is 14.4. The van der Waals surface area contributed by atoms with Gasteiger partial charge in [0.1, 0.15) is 6.61 Å². The molecule has 1 N–H and O–H groups in total. The molecule has 0 aromatic heterocycles. The summed E-state index contributed by atoms with van der Waals surface area (Å²) in [7, 11) is 0. The molecule has 1 amide bonds. The van der Waals surface area contributed by atoms with Crippen molar-refractivity contribution in [2.45, 2.75) is 33.0 Å². The maximum atomic E-state index is 11.5. The van der Waals surface area contributed by atoms with E-state index in [4.69, 9.17) is 14.2 Å². The average Bonchev–Trinajstić information content (AvgIpc) is 2.58. The van der Waals surface area contributed by atoms with E-state index in [1.54, 1.807) is 13.8 Å². The molecule has 0 aliphatic rings. The third-order valence-corrected chi connectivity index (χ3v) is 2.75. The van der Waals surface area contributed by atoms with Gasteiger partial charge in [0.25, 0.3) is 0 Å². The van der Waals surface area contributed by atoms with Gasteiger partial charge in [-0.05, 0) is 25.8 Å². The lowest BCUT2D eigenvalue weighted by Crippen LogP contribution is -2.26. The van der Waals surface area contributed by atoms with E-state index in [0.29, 0.717) is 13.0 Å². The first kappa shape index (κ1) is 20.2. The topological polar surface area (TPSA) is 90.9 Å². The number of alkyl carbamates (subject to hydrolysis) is 1. The molecule has 0 saturated carbocycles. The minimum atomic E-state index is -0.646. The molecule has 0 atom stereocenters. The molecule has 7 heteroatoms. The Morgan fingerprint density at radius 3 is 2.40 bits per heavy atom. The predicted octanol–water partition coefficient (Wildman–Crippen LogP) is 2.35. The molecule has 7 nitrogen and oxygen atoms in total. The lowest BCUT2D eigenvalue weighted by Gasteiger charge is -2.07. The van der Waals surface area contributed by atoms with Crippen molar-refractivity contribution in [3.63, 3.8) is 0 Å². The van der Waals surface area contributed by atoms with Gasteiger partial charge in [0.05, 0.1) is 12.7 Å². The number of esters is 2.